The third-order valence-electron chi connectivity index (χ3n) is 4.93. The number of unbranched alkanes of at least 4 members (excludes halogenated alkanes) is 5. The number of aromatic nitrogens is 1. The van der Waals surface area contributed by atoms with Crippen LogP contribution in [0.1, 0.15) is 72.1 Å². The highest BCUT2D eigenvalue weighted by molar-refractivity contribution is 5.90. The molecule has 0 aliphatic carbocycles. The zero-order chi connectivity index (χ0) is 20.4. The monoisotopic (exact) mass is 388 g/mol. The molecule has 156 valence electrons. The number of aryl methyl sites for hydroxylation is 1. The SMILES string of the molecule is CCCCCCn1c(=O)c(OCCCC)c(OCCCC)c2ccc(N)cc21. The van der Waals surface area contributed by atoms with Crippen molar-refractivity contribution < 1.29 is 9.47 Å². The van der Waals surface area contributed by atoms with Crippen LogP contribution >= 0.6 is 0 Å². The van der Waals surface area contributed by atoms with Crippen molar-refractivity contribution in [3.8, 4) is 11.5 Å². The van der Waals surface area contributed by atoms with Gasteiger partial charge in [0.15, 0.2) is 5.75 Å². The van der Waals surface area contributed by atoms with Crippen molar-refractivity contribution >= 4 is 16.6 Å². The van der Waals surface area contributed by atoms with Crippen LogP contribution in [0.5, 0.6) is 11.5 Å². The van der Waals surface area contributed by atoms with E-state index in [4.69, 9.17) is 15.2 Å². The average Bonchev–Trinajstić information content (AvgIpc) is 2.69. The second-order valence-electron chi connectivity index (χ2n) is 7.36. The number of nitrogen functional groups attached to an aromatic ring is 1. The summed E-state index contributed by atoms with van der Waals surface area (Å²) < 4.78 is 13.8. The Morgan fingerprint density at radius 1 is 0.857 bits per heavy atom. The predicted molar refractivity (Wildman–Crippen MR) is 118 cm³/mol. The predicted octanol–water partition coefficient (Wildman–Crippen LogP) is 5.52. The molecule has 0 bridgehead atoms. The zero-order valence-electron chi connectivity index (χ0n) is 17.8. The van der Waals surface area contributed by atoms with Gasteiger partial charge < -0.3 is 19.8 Å². The lowest BCUT2D eigenvalue weighted by Gasteiger charge is -2.19. The molecule has 2 aromatic rings. The van der Waals surface area contributed by atoms with Crippen molar-refractivity contribution in [1.29, 1.82) is 0 Å². The highest BCUT2D eigenvalue weighted by Gasteiger charge is 2.20. The van der Waals surface area contributed by atoms with Crippen molar-refractivity contribution in [2.24, 2.45) is 0 Å². The summed E-state index contributed by atoms with van der Waals surface area (Å²) >= 11 is 0. The molecule has 0 spiro atoms. The van der Waals surface area contributed by atoms with Gasteiger partial charge >= 0.3 is 0 Å². The van der Waals surface area contributed by atoms with E-state index in [-0.39, 0.29) is 5.56 Å². The number of pyridine rings is 1. The summed E-state index contributed by atoms with van der Waals surface area (Å²) in [6, 6.07) is 5.68. The largest absolute Gasteiger partial charge is 0.489 e. The fourth-order valence-corrected chi connectivity index (χ4v) is 3.24. The number of benzene rings is 1. The highest BCUT2D eigenvalue weighted by atomic mass is 16.5. The summed E-state index contributed by atoms with van der Waals surface area (Å²) in [7, 11) is 0. The highest BCUT2D eigenvalue weighted by Crippen LogP contribution is 2.34. The Morgan fingerprint density at radius 3 is 2.14 bits per heavy atom. The van der Waals surface area contributed by atoms with Crippen LogP contribution in [0, 0.1) is 0 Å². The van der Waals surface area contributed by atoms with E-state index < -0.39 is 0 Å². The summed E-state index contributed by atoms with van der Waals surface area (Å²) in [5, 5.41) is 0.895. The Morgan fingerprint density at radius 2 is 1.50 bits per heavy atom. The van der Waals surface area contributed by atoms with E-state index in [9.17, 15) is 4.79 Å². The molecule has 0 radical (unpaired) electrons. The first kappa shape index (κ1) is 22.1. The van der Waals surface area contributed by atoms with Crippen molar-refractivity contribution in [1.82, 2.24) is 4.57 Å². The van der Waals surface area contributed by atoms with Crippen LogP contribution in [0.4, 0.5) is 5.69 Å². The van der Waals surface area contributed by atoms with Crippen LogP contribution in [-0.2, 0) is 6.54 Å². The molecule has 0 amide bonds. The summed E-state index contributed by atoms with van der Waals surface area (Å²) in [5.41, 5.74) is 7.40. The molecule has 0 saturated carbocycles. The van der Waals surface area contributed by atoms with Gasteiger partial charge in [-0.1, -0.05) is 52.9 Å². The molecule has 1 aromatic heterocycles. The number of hydrogen-bond acceptors (Lipinski definition) is 4. The summed E-state index contributed by atoms with van der Waals surface area (Å²) in [4.78, 5) is 13.3. The maximum atomic E-state index is 13.3. The van der Waals surface area contributed by atoms with E-state index >= 15 is 0 Å². The molecule has 5 nitrogen and oxygen atoms in total. The van der Waals surface area contributed by atoms with Gasteiger partial charge in [-0.15, -0.1) is 0 Å². The third-order valence-corrected chi connectivity index (χ3v) is 4.93. The smallest absolute Gasteiger partial charge is 0.297 e. The molecule has 0 aliphatic rings. The van der Waals surface area contributed by atoms with Crippen LogP contribution in [-0.4, -0.2) is 17.8 Å². The topological polar surface area (TPSA) is 66.5 Å². The van der Waals surface area contributed by atoms with Gasteiger partial charge in [-0.25, -0.2) is 0 Å². The molecule has 0 aliphatic heterocycles. The van der Waals surface area contributed by atoms with Crippen molar-refractivity contribution in [2.45, 2.75) is 78.7 Å². The molecule has 1 heterocycles. The number of nitrogens with zero attached hydrogens (tertiary/aromatic N) is 1. The normalized spacial score (nSPS) is 11.1. The van der Waals surface area contributed by atoms with Crippen LogP contribution in [0.25, 0.3) is 10.9 Å². The second-order valence-corrected chi connectivity index (χ2v) is 7.36. The van der Waals surface area contributed by atoms with E-state index in [0.29, 0.717) is 36.9 Å². The van der Waals surface area contributed by atoms with Crippen LogP contribution < -0.4 is 20.8 Å². The van der Waals surface area contributed by atoms with E-state index in [1.165, 1.54) is 6.42 Å². The number of nitrogens with two attached hydrogens (primary N) is 1. The first-order valence-corrected chi connectivity index (χ1v) is 10.9. The van der Waals surface area contributed by atoms with Gasteiger partial charge in [0.05, 0.1) is 18.7 Å². The first-order valence-electron chi connectivity index (χ1n) is 10.9. The minimum atomic E-state index is -0.114. The second kappa shape index (κ2) is 11.6. The van der Waals surface area contributed by atoms with Gasteiger partial charge in [0.1, 0.15) is 0 Å². The number of anilines is 1. The third kappa shape index (κ3) is 5.66. The molecule has 2 N–H and O–H groups in total. The lowest BCUT2D eigenvalue weighted by atomic mass is 10.1. The molecule has 5 heteroatoms. The van der Waals surface area contributed by atoms with Gasteiger partial charge in [0, 0.05) is 17.6 Å². The van der Waals surface area contributed by atoms with E-state index in [0.717, 1.165) is 55.8 Å². The van der Waals surface area contributed by atoms with Crippen LogP contribution in [0.2, 0.25) is 0 Å². The Bertz CT molecular complexity index is 799. The maximum absolute atomic E-state index is 13.3. The van der Waals surface area contributed by atoms with Crippen molar-refractivity contribution in [3.05, 3.63) is 28.6 Å². The Hall–Kier alpha value is -2.17. The molecule has 0 fully saturated rings. The first-order chi connectivity index (χ1) is 13.6. The van der Waals surface area contributed by atoms with Gasteiger partial charge in [-0.05, 0) is 37.5 Å². The van der Waals surface area contributed by atoms with Gasteiger partial charge in [0.25, 0.3) is 5.56 Å². The van der Waals surface area contributed by atoms with Crippen molar-refractivity contribution in [3.63, 3.8) is 0 Å². The molecule has 0 unspecified atom stereocenters. The molecule has 0 saturated heterocycles. The van der Waals surface area contributed by atoms with E-state index in [1.807, 2.05) is 22.8 Å². The molecular weight excluding hydrogens is 352 g/mol. The number of fused-ring (bicyclic) bond motifs is 1. The minimum Gasteiger partial charge on any atom is -0.489 e. The maximum Gasteiger partial charge on any atom is 0.297 e. The molecule has 2 rings (SSSR count). The fraction of sp³-hybridized carbons (Fsp3) is 0.609. The molecule has 1 aromatic carbocycles. The molecular formula is C23H36N2O3. The Balaban J connectivity index is 2.52. The zero-order valence-corrected chi connectivity index (χ0v) is 17.8. The lowest BCUT2D eigenvalue weighted by Crippen LogP contribution is -2.24. The average molecular weight is 389 g/mol. The van der Waals surface area contributed by atoms with Crippen LogP contribution in [0.15, 0.2) is 23.0 Å². The number of rotatable bonds is 13. The summed E-state index contributed by atoms with van der Waals surface area (Å²) in [6.07, 6.45) is 8.29. The minimum absolute atomic E-state index is 0.114. The quantitative estimate of drug-likeness (QED) is 0.362. The summed E-state index contributed by atoms with van der Waals surface area (Å²) in [6.45, 7) is 8.17. The van der Waals surface area contributed by atoms with Gasteiger partial charge in [-0.2, -0.15) is 0 Å². The lowest BCUT2D eigenvalue weighted by molar-refractivity contribution is 0.259. The van der Waals surface area contributed by atoms with E-state index in [1.54, 1.807) is 0 Å². The van der Waals surface area contributed by atoms with Gasteiger partial charge in [-0.3, -0.25) is 4.79 Å². The Kier molecular flexibility index (Phi) is 9.18. The van der Waals surface area contributed by atoms with Crippen molar-refractivity contribution in [2.75, 3.05) is 18.9 Å². The van der Waals surface area contributed by atoms with Gasteiger partial charge in [0.2, 0.25) is 5.75 Å². The Labute approximate surface area is 168 Å². The molecule has 28 heavy (non-hydrogen) atoms. The summed E-state index contributed by atoms with van der Waals surface area (Å²) in [5.74, 6) is 0.909. The standard InChI is InChI=1S/C23H36N2O3/c1-4-7-10-11-14-25-20-17-18(24)12-13-19(20)21(27-15-8-5-2)22(23(25)26)28-16-9-6-3/h12-13,17H,4-11,14-16,24H2,1-3H3. The van der Waals surface area contributed by atoms with E-state index in [2.05, 4.69) is 20.8 Å². The number of hydrogen-bond donors (Lipinski definition) is 1. The number of ether oxygens (including phenoxy) is 2. The van der Waals surface area contributed by atoms with Crippen LogP contribution in [0.3, 0.4) is 0 Å². The fourth-order valence-electron chi connectivity index (χ4n) is 3.24. The molecule has 0 atom stereocenters.